The fraction of sp³-hybridized carbons (Fsp3) is 0.400. The van der Waals surface area contributed by atoms with Crippen LogP contribution in [0, 0.1) is 16.7 Å². The molecule has 0 atom stereocenters. The zero-order valence-corrected chi connectivity index (χ0v) is 11.8. The Labute approximate surface area is 118 Å². The first kappa shape index (κ1) is 15.7. The van der Waals surface area contributed by atoms with Crippen LogP contribution in [0.3, 0.4) is 0 Å². The molecule has 1 aromatic rings. The minimum Gasteiger partial charge on any atom is -0.481 e. The first-order valence-corrected chi connectivity index (χ1v) is 6.15. The minimum atomic E-state index is -0.643. The van der Waals surface area contributed by atoms with Gasteiger partial charge in [0.1, 0.15) is 11.8 Å². The minimum absolute atomic E-state index is 0.164. The molecular formula is C15H17NO4. The Morgan fingerprint density at radius 1 is 1.20 bits per heavy atom. The van der Waals surface area contributed by atoms with E-state index in [1.807, 2.05) is 6.07 Å². The molecule has 0 unspecified atom stereocenters. The molecule has 5 heteroatoms. The third kappa shape index (κ3) is 4.73. The first-order chi connectivity index (χ1) is 9.34. The van der Waals surface area contributed by atoms with Crippen molar-refractivity contribution in [2.45, 2.75) is 20.8 Å². The van der Waals surface area contributed by atoms with Gasteiger partial charge in [-0.1, -0.05) is 32.9 Å². The fourth-order valence-electron chi connectivity index (χ4n) is 1.23. The van der Waals surface area contributed by atoms with Gasteiger partial charge >= 0.3 is 5.97 Å². The van der Waals surface area contributed by atoms with Crippen molar-refractivity contribution in [2.24, 2.45) is 5.41 Å². The third-order valence-electron chi connectivity index (χ3n) is 2.55. The monoisotopic (exact) mass is 275 g/mol. The van der Waals surface area contributed by atoms with E-state index in [9.17, 15) is 9.59 Å². The normalized spacial score (nSPS) is 10.5. The van der Waals surface area contributed by atoms with Crippen molar-refractivity contribution in [3.63, 3.8) is 0 Å². The number of esters is 1. The van der Waals surface area contributed by atoms with Gasteiger partial charge in [0.2, 0.25) is 0 Å². The van der Waals surface area contributed by atoms with Gasteiger partial charge in [0.15, 0.2) is 19.0 Å². The first-order valence-electron chi connectivity index (χ1n) is 6.15. The van der Waals surface area contributed by atoms with Crippen molar-refractivity contribution < 1.29 is 19.1 Å². The van der Waals surface area contributed by atoms with E-state index in [1.165, 1.54) is 0 Å². The van der Waals surface area contributed by atoms with E-state index >= 15 is 0 Å². The lowest BCUT2D eigenvalue weighted by molar-refractivity contribution is -0.151. The standard InChI is InChI=1S/C15H17NO4/c1-15(2,3)13(17)9-20-14(18)10-19-12-7-5-4-6-11(12)8-16/h4-7H,9-10H2,1-3H3. The molecule has 0 N–H and O–H groups in total. The predicted molar refractivity (Wildman–Crippen MR) is 72.1 cm³/mol. The second-order valence-electron chi connectivity index (χ2n) is 5.23. The number of rotatable bonds is 5. The van der Waals surface area contributed by atoms with Crippen LogP contribution in [0.15, 0.2) is 24.3 Å². The number of nitriles is 1. The van der Waals surface area contributed by atoms with Crippen molar-refractivity contribution in [3.8, 4) is 11.8 Å². The largest absolute Gasteiger partial charge is 0.481 e. The summed E-state index contributed by atoms with van der Waals surface area (Å²) in [7, 11) is 0. The summed E-state index contributed by atoms with van der Waals surface area (Å²) in [5.74, 6) is -0.493. The van der Waals surface area contributed by atoms with Crippen LogP contribution in [-0.2, 0) is 14.3 Å². The van der Waals surface area contributed by atoms with Gasteiger partial charge in [-0.2, -0.15) is 5.26 Å². The van der Waals surface area contributed by atoms with Gasteiger partial charge in [-0.05, 0) is 12.1 Å². The number of hydrogen-bond donors (Lipinski definition) is 0. The summed E-state index contributed by atoms with van der Waals surface area (Å²) in [6, 6.07) is 8.53. The van der Waals surface area contributed by atoms with E-state index in [0.717, 1.165) is 0 Å². The van der Waals surface area contributed by atoms with Gasteiger partial charge in [0, 0.05) is 5.41 Å². The Bertz CT molecular complexity index is 538. The molecular weight excluding hydrogens is 258 g/mol. The fourth-order valence-corrected chi connectivity index (χ4v) is 1.23. The number of nitrogens with zero attached hydrogens (tertiary/aromatic N) is 1. The van der Waals surface area contributed by atoms with Crippen molar-refractivity contribution in [1.29, 1.82) is 5.26 Å². The molecule has 0 aliphatic carbocycles. The van der Waals surface area contributed by atoms with Crippen LogP contribution >= 0.6 is 0 Å². The van der Waals surface area contributed by atoms with Crippen LogP contribution < -0.4 is 4.74 Å². The molecule has 0 bridgehead atoms. The number of carbonyl (C=O) groups is 2. The molecule has 106 valence electrons. The Balaban J connectivity index is 2.45. The maximum absolute atomic E-state index is 11.6. The number of ketones is 1. The lowest BCUT2D eigenvalue weighted by atomic mass is 9.91. The molecule has 5 nitrogen and oxygen atoms in total. The van der Waals surface area contributed by atoms with Gasteiger partial charge in [-0.3, -0.25) is 4.79 Å². The van der Waals surface area contributed by atoms with Crippen molar-refractivity contribution in [2.75, 3.05) is 13.2 Å². The highest BCUT2D eigenvalue weighted by molar-refractivity contribution is 5.86. The lowest BCUT2D eigenvalue weighted by Gasteiger charge is -2.16. The summed E-state index contributed by atoms with van der Waals surface area (Å²) in [5, 5.41) is 8.86. The predicted octanol–water partition coefficient (Wildman–Crippen LogP) is 2.10. The number of ether oxygens (including phenoxy) is 2. The molecule has 0 spiro atoms. The van der Waals surface area contributed by atoms with Crippen LogP contribution in [0.4, 0.5) is 0 Å². The van der Waals surface area contributed by atoms with E-state index in [-0.39, 0.29) is 19.0 Å². The molecule has 20 heavy (non-hydrogen) atoms. The summed E-state index contributed by atoms with van der Waals surface area (Å²) < 4.78 is 10.0. The number of Topliss-reactive ketones (excluding diaryl/α,β-unsaturated/α-hetero) is 1. The molecule has 1 rings (SSSR count). The Kier molecular flexibility index (Phi) is 5.27. The van der Waals surface area contributed by atoms with Gasteiger partial charge in [-0.15, -0.1) is 0 Å². The maximum Gasteiger partial charge on any atom is 0.344 e. The molecule has 0 aliphatic rings. The highest BCUT2D eigenvalue weighted by Crippen LogP contribution is 2.17. The van der Waals surface area contributed by atoms with Crippen molar-refractivity contribution in [1.82, 2.24) is 0 Å². The average Bonchev–Trinajstić information content (AvgIpc) is 2.41. The van der Waals surface area contributed by atoms with E-state index in [4.69, 9.17) is 14.7 Å². The lowest BCUT2D eigenvalue weighted by Crippen LogP contribution is -2.27. The summed E-state index contributed by atoms with van der Waals surface area (Å²) >= 11 is 0. The van der Waals surface area contributed by atoms with E-state index in [2.05, 4.69) is 0 Å². The van der Waals surface area contributed by atoms with E-state index < -0.39 is 11.4 Å². The van der Waals surface area contributed by atoms with Gasteiger partial charge in [0.25, 0.3) is 0 Å². The maximum atomic E-state index is 11.6. The Hall–Kier alpha value is -2.35. The number of para-hydroxylation sites is 1. The highest BCUT2D eigenvalue weighted by Gasteiger charge is 2.22. The second-order valence-corrected chi connectivity index (χ2v) is 5.23. The summed E-state index contributed by atoms with van der Waals surface area (Å²) in [6.45, 7) is 4.65. The summed E-state index contributed by atoms with van der Waals surface area (Å²) in [5.41, 5.74) is -0.208. The van der Waals surface area contributed by atoms with Gasteiger partial charge in [0.05, 0.1) is 5.56 Å². The molecule has 0 amide bonds. The molecule has 0 aliphatic heterocycles. The molecule has 0 aromatic heterocycles. The van der Waals surface area contributed by atoms with Crippen LogP contribution in [0.5, 0.6) is 5.75 Å². The molecule has 0 fully saturated rings. The van der Waals surface area contributed by atoms with Crippen LogP contribution in [0.2, 0.25) is 0 Å². The number of benzene rings is 1. The average molecular weight is 275 g/mol. The van der Waals surface area contributed by atoms with E-state index in [0.29, 0.717) is 11.3 Å². The van der Waals surface area contributed by atoms with E-state index in [1.54, 1.807) is 45.0 Å². The van der Waals surface area contributed by atoms with Gasteiger partial charge in [-0.25, -0.2) is 4.79 Å². The topological polar surface area (TPSA) is 76.4 Å². The Morgan fingerprint density at radius 2 is 1.85 bits per heavy atom. The number of hydrogen-bond acceptors (Lipinski definition) is 5. The van der Waals surface area contributed by atoms with Gasteiger partial charge < -0.3 is 9.47 Å². The SMILES string of the molecule is CC(C)(C)C(=O)COC(=O)COc1ccccc1C#N. The van der Waals surface area contributed by atoms with Crippen LogP contribution in [0.1, 0.15) is 26.3 Å². The third-order valence-corrected chi connectivity index (χ3v) is 2.55. The Morgan fingerprint density at radius 3 is 2.45 bits per heavy atom. The molecule has 0 saturated carbocycles. The molecule has 0 saturated heterocycles. The quantitative estimate of drug-likeness (QED) is 0.769. The highest BCUT2D eigenvalue weighted by atomic mass is 16.6. The van der Waals surface area contributed by atoms with Crippen LogP contribution in [0.25, 0.3) is 0 Å². The summed E-state index contributed by atoms with van der Waals surface area (Å²) in [4.78, 5) is 23.0. The van der Waals surface area contributed by atoms with Crippen molar-refractivity contribution in [3.05, 3.63) is 29.8 Å². The molecule has 0 radical (unpaired) electrons. The second kappa shape index (κ2) is 6.71. The summed E-state index contributed by atoms with van der Waals surface area (Å²) in [6.07, 6.45) is 0. The zero-order valence-electron chi connectivity index (χ0n) is 11.8. The molecule has 0 heterocycles. The zero-order chi connectivity index (χ0) is 15.2. The van der Waals surface area contributed by atoms with Crippen LogP contribution in [-0.4, -0.2) is 25.0 Å². The smallest absolute Gasteiger partial charge is 0.344 e. The van der Waals surface area contributed by atoms with Crippen molar-refractivity contribution >= 4 is 11.8 Å². The number of carbonyl (C=O) groups excluding carboxylic acids is 2. The molecule has 1 aromatic carbocycles.